The largest absolute Gasteiger partial charge is 0.376 e. The van der Waals surface area contributed by atoms with Crippen LogP contribution in [0.15, 0.2) is 33.9 Å². The number of halogens is 2. The summed E-state index contributed by atoms with van der Waals surface area (Å²) in [5.74, 6) is -1.61. The molecule has 2 atom stereocenters. The van der Waals surface area contributed by atoms with E-state index in [0.717, 1.165) is 12.5 Å². The number of thioether (sulfide) groups is 1. The molecule has 0 spiro atoms. The average Bonchev–Trinajstić information content (AvgIpc) is 2.83. The smallest absolute Gasteiger partial charge is 0.181 e. The highest BCUT2D eigenvalue weighted by Crippen LogP contribution is 2.45. The molecule has 0 amide bonds. The van der Waals surface area contributed by atoms with Crippen molar-refractivity contribution in [3.05, 3.63) is 46.8 Å². The third-order valence-electron chi connectivity index (χ3n) is 3.19. The highest BCUT2D eigenvalue weighted by atomic mass is 32.2. The van der Waals surface area contributed by atoms with Gasteiger partial charge >= 0.3 is 0 Å². The minimum absolute atomic E-state index is 0.0498. The molecule has 1 nitrogen and oxygen atoms in total. The van der Waals surface area contributed by atoms with Gasteiger partial charge in [0.1, 0.15) is 0 Å². The van der Waals surface area contributed by atoms with Crippen molar-refractivity contribution in [2.24, 2.45) is 0 Å². The summed E-state index contributed by atoms with van der Waals surface area (Å²) in [5, 5.41) is 5.66. The van der Waals surface area contributed by atoms with E-state index in [9.17, 15) is 8.78 Å². The lowest BCUT2D eigenvalue weighted by Crippen LogP contribution is -2.19. The zero-order valence-corrected chi connectivity index (χ0v) is 12.0. The summed E-state index contributed by atoms with van der Waals surface area (Å²) in [7, 11) is 0. The van der Waals surface area contributed by atoms with Crippen LogP contribution in [0.3, 0.4) is 0 Å². The van der Waals surface area contributed by atoms with E-state index in [2.05, 4.69) is 18.3 Å². The number of benzene rings is 1. The van der Waals surface area contributed by atoms with Crippen LogP contribution in [-0.2, 0) is 0 Å². The molecule has 2 aromatic rings. The molecule has 1 aromatic carbocycles. The van der Waals surface area contributed by atoms with Crippen LogP contribution in [0.2, 0.25) is 0 Å². The topological polar surface area (TPSA) is 12.0 Å². The minimum Gasteiger partial charge on any atom is -0.376 e. The molecular formula is C14H13F2NS2. The van der Waals surface area contributed by atoms with Crippen LogP contribution in [0.5, 0.6) is 0 Å². The van der Waals surface area contributed by atoms with Crippen LogP contribution in [0.1, 0.15) is 24.9 Å². The molecule has 1 aliphatic heterocycles. The number of thiophene rings is 1. The molecule has 1 unspecified atom stereocenters. The second kappa shape index (κ2) is 5.13. The SMILES string of the molecule is C[C@H]1CC(Nc2cccc(F)c2F)c2ccsc2S1. The Bertz CT molecular complexity index is 597. The first kappa shape index (κ1) is 12.9. The van der Waals surface area contributed by atoms with Crippen molar-refractivity contribution in [1.29, 1.82) is 0 Å². The van der Waals surface area contributed by atoms with Crippen LogP contribution in [0, 0.1) is 11.6 Å². The highest BCUT2D eigenvalue weighted by Gasteiger charge is 2.27. The average molecular weight is 297 g/mol. The van der Waals surface area contributed by atoms with E-state index < -0.39 is 11.6 Å². The summed E-state index contributed by atoms with van der Waals surface area (Å²) in [5.41, 5.74) is 1.43. The predicted octanol–water partition coefficient (Wildman–Crippen LogP) is 5.06. The first-order valence-corrected chi connectivity index (χ1v) is 7.85. The number of hydrogen-bond acceptors (Lipinski definition) is 3. The van der Waals surface area contributed by atoms with Gasteiger partial charge in [-0.15, -0.1) is 23.1 Å². The Balaban J connectivity index is 1.90. The van der Waals surface area contributed by atoms with Crippen molar-refractivity contribution >= 4 is 28.8 Å². The van der Waals surface area contributed by atoms with Crippen molar-refractivity contribution in [3.8, 4) is 0 Å². The van der Waals surface area contributed by atoms with E-state index in [0.29, 0.717) is 5.25 Å². The molecule has 19 heavy (non-hydrogen) atoms. The van der Waals surface area contributed by atoms with Gasteiger partial charge in [0.15, 0.2) is 11.6 Å². The van der Waals surface area contributed by atoms with Gasteiger partial charge in [-0.3, -0.25) is 0 Å². The van der Waals surface area contributed by atoms with Crippen molar-refractivity contribution < 1.29 is 8.78 Å². The number of anilines is 1. The molecule has 100 valence electrons. The minimum atomic E-state index is -0.811. The van der Waals surface area contributed by atoms with Crippen molar-refractivity contribution in [2.45, 2.75) is 28.8 Å². The van der Waals surface area contributed by atoms with E-state index in [-0.39, 0.29) is 11.7 Å². The van der Waals surface area contributed by atoms with Crippen LogP contribution in [0.25, 0.3) is 0 Å². The number of nitrogens with one attached hydrogen (secondary N) is 1. The van der Waals surface area contributed by atoms with E-state index >= 15 is 0 Å². The molecule has 2 heterocycles. The molecule has 5 heteroatoms. The number of fused-ring (bicyclic) bond motifs is 1. The van der Waals surface area contributed by atoms with Gasteiger partial charge in [-0.25, -0.2) is 8.78 Å². The lowest BCUT2D eigenvalue weighted by Gasteiger charge is -2.28. The zero-order valence-electron chi connectivity index (χ0n) is 10.3. The molecule has 0 fully saturated rings. The maximum Gasteiger partial charge on any atom is 0.181 e. The Kier molecular flexibility index (Phi) is 3.50. The van der Waals surface area contributed by atoms with Gasteiger partial charge in [0.25, 0.3) is 0 Å². The zero-order chi connectivity index (χ0) is 13.4. The Morgan fingerprint density at radius 1 is 1.26 bits per heavy atom. The maximum atomic E-state index is 13.7. The molecule has 0 bridgehead atoms. The molecule has 1 N–H and O–H groups in total. The molecule has 0 saturated heterocycles. The first-order valence-electron chi connectivity index (χ1n) is 6.09. The normalized spacial score (nSPS) is 22.1. The molecule has 0 saturated carbocycles. The predicted molar refractivity (Wildman–Crippen MR) is 77.0 cm³/mol. The lowest BCUT2D eigenvalue weighted by atomic mass is 10.0. The van der Waals surface area contributed by atoms with E-state index in [4.69, 9.17) is 0 Å². The summed E-state index contributed by atoms with van der Waals surface area (Å²) in [4.78, 5) is 0. The van der Waals surface area contributed by atoms with Crippen LogP contribution < -0.4 is 5.32 Å². The molecule has 3 rings (SSSR count). The van der Waals surface area contributed by atoms with Crippen molar-refractivity contribution in [1.82, 2.24) is 0 Å². The van der Waals surface area contributed by atoms with Gasteiger partial charge in [-0.2, -0.15) is 0 Å². The van der Waals surface area contributed by atoms with Gasteiger partial charge in [0, 0.05) is 5.25 Å². The van der Waals surface area contributed by atoms with Gasteiger partial charge in [0.2, 0.25) is 0 Å². The molecule has 1 aromatic heterocycles. The summed E-state index contributed by atoms with van der Waals surface area (Å²) in [6.45, 7) is 2.16. The monoisotopic (exact) mass is 297 g/mol. The number of rotatable bonds is 2. The summed E-state index contributed by atoms with van der Waals surface area (Å²) >= 11 is 3.56. The standard InChI is InChI=1S/C14H13F2NS2/c1-8-7-12(9-5-6-18-14(9)19-8)17-11-4-2-3-10(15)13(11)16/h2-6,8,12,17H,7H2,1H3/t8-,12?/m0/s1. The Morgan fingerprint density at radius 2 is 2.11 bits per heavy atom. The van der Waals surface area contributed by atoms with Crippen molar-refractivity contribution in [2.75, 3.05) is 5.32 Å². The van der Waals surface area contributed by atoms with Crippen LogP contribution >= 0.6 is 23.1 Å². The molecule has 0 aliphatic carbocycles. The van der Waals surface area contributed by atoms with E-state index in [1.165, 1.54) is 15.8 Å². The Morgan fingerprint density at radius 3 is 2.95 bits per heavy atom. The fraction of sp³-hybridized carbons (Fsp3) is 0.286. The second-order valence-corrected chi connectivity index (χ2v) is 7.25. The highest BCUT2D eigenvalue weighted by molar-refractivity contribution is 8.01. The van der Waals surface area contributed by atoms with E-state index in [1.807, 2.05) is 17.1 Å². The fourth-order valence-corrected chi connectivity index (χ4v) is 4.86. The van der Waals surface area contributed by atoms with Crippen LogP contribution in [0.4, 0.5) is 14.5 Å². The van der Waals surface area contributed by atoms with Gasteiger partial charge in [0.05, 0.1) is 15.9 Å². The maximum absolute atomic E-state index is 13.7. The first-order chi connectivity index (χ1) is 9.15. The Hall–Kier alpha value is -1.07. The van der Waals surface area contributed by atoms with Gasteiger partial charge in [-0.05, 0) is 35.6 Å². The number of hydrogen-bond donors (Lipinski definition) is 1. The molecular weight excluding hydrogens is 284 g/mol. The lowest BCUT2D eigenvalue weighted by molar-refractivity contribution is 0.508. The summed E-state index contributed by atoms with van der Waals surface area (Å²) in [6.07, 6.45) is 0.907. The third-order valence-corrected chi connectivity index (χ3v) is 5.53. The fourth-order valence-electron chi connectivity index (χ4n) is 2.29. The van der Waals surface area contributed by atoms with Gasteiger partial charge in [-0.1, -0.05) is 13.0 Å². The second-order valence-electron chi connectivity index (χ2n) is 4.63. The Labute approximate surface area is 119 Å². The third kappa shape index (κ3) is 2.49. The quantitative estimate of drug-likeness (QED) is 0.831. The van der Waals surface area contributed by atoms with Crippen molar-refractivity contribution in [3.63, 3.8) is 0 Å². The van der Waals surface area contributed by atoms with Gasteiger partial charge < -0.3 is 5.32 Å². The summed E-state index contributed by atoms with van der Waals surface area (Å²) < 4.78 is 28.2. The molecule has 1 aliphatic rings. The van der Waals surface area contributed by atoms with E-state index in [1.54, 1.807) is 17.4 Å². The molecule has 0 radical (unpaired) electrons. The summed E-state index contributed by atoms with van der Waals surface area (Å²) in [6, 6.07) is 6.35. The van der Waals surface area contributed by atoms with Crippen LogP contribution in [-0.4, -0.2) is 5.25 Å².